The minimum absolute atomic E-state index is 0.122. The van der Waals surface area contributed by atoms with Crippen LogP contribution in [-0.2, 0) is 14.8 Å². The number of amides is 1. The maximum Gasteiger partial charge on any atom is 0.245 e. The molecule has 2 fully saturated rings. The summed E-state index contributed by atoms with van der Waals surface area (Å²) in [5.41, 5.74) is 0. The van der Waals surface area contributed by atoms with E-state index in [0.29, 0.717) is 12.6 Å². The van der Waals surface area contributed by atoms with Crippen molar-refractivity contribution in [2.45, 2.75) is 76.9 Å². The second-order valence-corrected chi connectivity index (χ2v) is 11.4. The molecule has 1 amide bonds. The topological polar surface area (TPSA) is 77.1 Å². The number of nitrogens with zero attached hydrogens (tertiary/aromatic N) is 5. The maximum absolute atomic E-state index is 13.0. The van der Waals surface area contributed by atoms with Gasteiger partial charge in [-0.25, -0.2) is 13.4 Å². The van der Waals surface area contributed by atoms with Gasteiger partial charge in [-0.05, 0) is 66.0 Å². The van der Waals surface area contributed by atoms with Crippen molar-refractivity contribution in [3.05, 3.63) is 18.3 Å². The molecule has 0 radical (unpaired) electrons. The number of piperazine rings is 1. The number of sulfonamides is 1. The summed E-state index contributed by atoms with van der Waals surface area (Å²) in [6.07, 6.45) is 4.89. The van der Waals surface area contributed by atoms with Crippen LogP contribution in [0.2, 0.25) is 0 Å². The molecule has 1 aromatic rings. The monoisotopic (exact) mass is 465 g/mol. The van der Waals surface area contributed by atoms with E-state index in [2.05, 4.69) is 21.7 Å². The van der Waals surface area contributed by atoms with Crippen LogP contribution in [0.15, 0.2) is 23.2 Å². The lowest BCUT2D eigenvalue weighted by molar-refractivity contribution is -0.135. The Morgan fingerprint density at radius 1 is 1.06 bits per heavy atom. The van der Waals surface area contributed by atoms with Crippen LogP contribution in [-0.4, -0.2) is 90.8 Å². The Balaban J connectivity index is 1.57. The van der Waals surface area contributed by atoms with E-state index in [0.717, 1.165) is 51.4 Å². The second kappa shape index (κ2) is 10.5. The van der Waals surface area contributed by atoms with E-state index >= 15 is 0 Å². The normalized spacial score (nSPS) is 21.1. The van der Waals surface area contributed by atoms with Gasteiger partial charge in [0, 0.05) is 57.0 Å². The second-order valence-electron chi connectivity index (χ2n) is 9.57. The molecule has 9 heteroatoms. The number of pyridine rings is 1. The van der Waals surface area contributed by atoms with E-state index in [1.54, 1.807) is 12.1 Å². The fourth-order valence-corrected chi connectivity index (χ4v) is 6.65. The number of carbonyl (C=O) groups is 1. The summed E-state index contributed by atoms with van der Waals surface area (Å²) in [5, 5.41) is 0. The summed E-state index contributed by atoms with van der Waals surface area (Å²) in [6, 6.07) is 3.55. The first kappa shape index (κ1) is 24.9. The molecule has 3 heterocycles. The first-order chi connectivity index (χ1) is 15.1. The standard InChI is InChI=1S/C23H39N5O3S/c1-18(2)28(19(3)4)32(30,31)21-9-10-22(24-16-21)26-14-12-25(13-15-26)17-23(29)27-11-7-6-8-20(27)5/h9-10,16,18-20H,6-8,11-15,17H2,1-5H3. The number of hydrogen-bond donors (Lipinski definition) is 0. The molecule has 8 nitrogen and oxygen atoms in total. The van der Waals surface area contributed by atoms with Crippen LogP contribution in [0.3, 0.4) is 0 Å². The van der Waals surface area contributed by atoms with E-state index in [1.807, 2.05) is 32.6 Å². The summed E-state index contributed by atoms with van der Waals surface area (Å²) < 4.78 is 27.6. The van der Waals surface area contributed by atoms with Gasteiger partial charge in [0.2, 0.25) is 15.9 Å². The van der Waals surface area contributed by atoms with Crippen LogP contribution < -0.4 is 4.90 Å². The predicted octanol–water partition coefficient (Wildman–Crippen LogP) is 2.41. The molecule has 0 N–H and O–H groups in total. The van der Waals surface area contributed by atoms with E-state index in [-0.39, 0.29) is 22.9 Å². The average molecular weight is 466 g/mol. The Bertz CT molecular complexity index is 856. The summed E-state index contributed by atoms with van der Waals surface area (Å²) >= 11 is 0. The zero-order chi connectivity index (χ0) is 23.5. The Morgan fingerprint density at radius 3 is 2.25 bits per heavy atom. The van der Waals surface area contributed by atoms with Crippen molar-refractivity contribution in [1.82, 2.24) is 19.1 Å². The predicted molar refractivity (Wildman–Crippen MR) is 127 cm³/mol. The van der Waals surface area contributed by atoms with Crippen molar-refractivity contribution in [3.63, 3.8) is 0 Å². The summed E-state index contributed by atoms with van der Waals surface area (Å²) in [6.45, 7) is 14.2. The van der Waals surface area contributed by atoms with Crippen LogP contribution >= 0.6 is 0 Å². The van der Waals surface area contributed by atoms with E-state index in [9.17, 15) is 13.2 Å². The number of rotatable bonds is 7. The van der Waals surface area contributed by atoms with Gasteiger partial charge in [-0.2, -0.15) is 4.31 Å². The molecule has 0 bridgehead atoms. The number of hydrogen-bond acceptors (Lipinski definition) is 6. The number of likely N-dealkylation sites (tertiary alicyclic amines) is 1. The number of aromatic nitrogens is 1. The Labute approximate surface area is 193 Å². The third-order valence-electron chi connectivity index (χ3n) is 6.49. The van der Waals surface area contributed by atoms with Crippen LogP contribution in [0.1, 0.15) is 53.9 Å². The highest BCUT2D eigenvalue weighted by Crippen LogP contribution is 2.23. The molecule has 0 aromatic carbocycles. The average Bonchev–Trinajstić information content (AvgIpc) is 2.74. The first-order valence-corrected chi connectivity index (χ1v) is 13.3. The van der Waals surface area contributed by atoms with Crippen molar-refractivity contribution in [3.8, 4) is 0 Å². The SMILES string of the molecule is CC1CCCCN1C(=O)CN1CCN(c2ccc(S(=O)(=O)N(C(C)C)C(C)C)cn2)CC1. The molecule has 1 atom stereocenters. The quantitative estimate of drug-likeness (QED) is 0.616. The van der Waals surface area contributed by atoms with Gasteiger partial charge in [0.15, 0.2) is 0 Å². The van der Waals surface area contributed by atoms with Crippen LogP contribution in [0.4, 0.5) is 5.82 Å². The van der Waals surface area contributed by atoms with Crippen LogP contribution in [0.5, 0.6) is 0 Å². The highest BCUT2D eigenvalue weighted by Gasteiger charge is 2.30. The molecule has 2 aliphatic rings. The molecular weight excluding hydrogens is 426 g/mol. The first-order valence-electron chi connectivity index (χ1n) is 11.9. The summed E-state index contributed by atoms with van der Waals surface area (Å²) in [4.78, 5) is 23.8. The van der Waals surface area contributed by atoms with Gasteiger partial charge in [-0.1, -0.05) is 0 Å². The van der Waals surface area contributed by atoms with Gasteiger partial charge in [-0.15, -0.1) is 0 Å². The highest BCUT2D eigenvalue weighted by molar-refractivity contribution is 7.89. The van der Waals surface area contributed by atoms with Crippen molar-refractivity contribution < 1.29 is 13.2 Å². The molecule has 32 heavy (non-hydrogen) atoms. The van der Waals surface area contributed by atoms with Gasteiger partial charge in [0.25, 0.3) is 0 Å². The smallest absolute Gasteiger partial charge is 0.245 e. The molecule has 2 aliphatic heterocycles. The van der Waals surface area contributed by atoms with Crippen LogP contribution in [0.25, 0.3) is 0 Å². The maximum atomic E-state index is 13.0. The lowest BCUT2D eigenvalue weighted by Gasteiger charge is -2.38. The zero-order valence-electron chi connectivity index (χ0n) is 20.2. The third-order valence-corrected chi connectivity index (χ3v) is 8.73. The molecule has 2 saturated heterocycles. The lowest BCUT2D eigenvalue weighted by atomic mass is 10.0. The highest BCUT2D eigenvalue weighted by atomic mass is 32.2. The van der Waals surface area contributed by atoms with Crippen molar-refractivity contribution in [1.29, 1.82) is 0 Å². The van der Waals surface area contributed by atoms with Gasteiger partial charge >= 0.3 is 0 Å². The van der Waals surface area contributed by atoms with Gasteiger partial charge in [0.05, 0.1) is 6.54 Å². The van der Waals surface area contributed by atoms with E-state index in [1.165, 1.54) is 16.9 Å². The van der Waals surface area contributed by atoms with E-state index < -0.39 is 10.0 Å². The van der Waals surface area contributed by atoms with Crippen molar-refractivity contribution in [2.75, 3.05) is 44.2 Å². The van der Waals surface area contributed by atoms with E-state index in [4.69, 9.17) is 0 Å². The minimum Gasteiger partial charge on any atom is -0.354 e. The number of carbonyl (C=O) groups excluding carboxylic acids is 1. The summed E-state index contributed by atoms with van der Waals surface area (Å²) in [7, 11) is -3.58. The van der Waals surface area contributed by atoms with Crippen molar-refractivity contribution in [2.24, 2.45) is 0 Å². The molecule has 1 unspecified atom stereocenters. The largest absolute Gasteiger partial charge is 0.354 e. The summed E-state index contributed by atoms with van der Waals surface area (Å²) in [5.74, 6) is 1.01. The molecule has 1 aromatic heterocycles. The molecule has 0 saturated carbocycles. The third kappa shape index (κ3) is 5.61. The molecular formula is C23H39N5O3S. The minimum atomic E-state index is -3.58. The zero-order valence-corrected chi connectivity index (χ0v) is 21.0. The number of piperidine rings is 1. The van der Waals surface area contributed by atoms with Gasteiger partial charge < -0.3 is 9.80 Å². The Kier molecular flexibility index (Phi) is 8.16. The van der Waals surface area contributed by atoms with Crippen molar-refractivity contribution >= 4 is 21.7 Å². The molecule has 3 rings (SSSR count). The van der Waals surface area contributed by atoms with Gasteiger partial charge in [0.1, 0.15) is 10.7 Å². The Hall–Kier alpha value is -1.71. The number of anilines is 1. The fraction of sp³-hybridized carbons (Fsp3) is 0.739. The molecule has 180 valence electrons. The molecule has 0 aliphatic carbocycles. The lowest BCUT2D eigenvalue weighted by Crippen LogP contribution is -2.52. The van der Waals surface area contributed by atoms with Crippen LogP contribution in [0, 0.1) is 0 Å². The molecule has 0 spiro atoms. The van der Waals surface area contributed by atoms with Gasteiger partial charge in [-0.3, -0.25) is 9.69 Å². The fourth-order valence-electron chi connectivity index (χ4n) is 4.87. The Morgan fingerprint density at radius 2 is 1.72 bits per heavy atom.